The molecular formula is C20H34N4O. The van der Waals surface area contributed by atoms with Crippen LogP contribution in [0.3, 0.4) is 0 Å². The summed E-state index contributed by atoms with van der Waals surface area (Å²) in [5.41, 5.74) is 1.15. The highest BCUT2D eigenvalue weighted by Gasteiger charge is 2.25. The van der Waals surface area contributed by atoms with E-state index in [0.29, 0.717) is 19.0 Å². The molecule has 0 spiro atoms. The minimum Gasteiger partial charge on any atom is -0.391 e. The van der Waals surface area contributed by atoms with E-state index in [0.717, 1.165) is 31.2 Å². The number of hydrogen-bond acceptors (Lipinski definition) is 3. The Morgan fingerprint density at radius 1 is 1.36 bits per heavy atom. The molecule has 1 aromatic rings. The maximum absolute atomic E-state index is 10.3. The average molecular weight is 347 g/mol. The number of guanidine groups is 1. The fraction of sp³-hybridized carbons (Fsp3) is 0.650. The van der Waals surface area contributed by atoms with Crippen molar-refractivity contribution in [3.63, 3.8) is 0 Å². The van der Waals surface area contributed by atoms with Gasteiger partial charge in [-0.25, -0.2) is 0 Å². The van der Waals surface area contributed by atoms with E-state index in [1.54, 1.807) is 0 Å². The number of likely N-dealkylation sites (tertiary alicyclic amines) is 1. The maximum atomic E-state index is 10.3. The van der Waals surface area contributed by atoms with Gasteiger partial charge < -0.3 is 15.3 Å². The molecule has 5 heteroatoms. The monoisotopic (exact) mass is 346 g/mol. The highest BCUT2D eigenvalue weighted by Crippen LogP contribution is 2.17. The van der Waals surface area contributed by atoms with Crippen molar-refractivity contribution in [1.29, 1.82) is 0 Å². The van der Waals surface area contributed by atoms with Crippen LogP contribution in [0, 0.1) is 0 Å². The van der Waals surface area contributed by atoms with E-state index in [1.165, 1.54) is 19.4 Å². The summed E-state index contributed by atoms with van der Waals surface area (Å²) in [4.78, 5) is 9.42. The Bertz CT molecular complexity index is 520. The fourth-order valence-corrected chi connectivity index (χ4v) is 3.53. The Morgan fingerprint density at radius 3 is 2.80 bits per heavy atom. The van der Waals surface area contributed by atoms with Crippen molar-refractivity contribution in [2.45, 2.75) is 45.3 Å². The van der Waals surface area contributed by atoms with Crippen LogP contribution in [-0.2, 0) is 6.42 Å². The molecule has 1 heterocycles. The number of nitrogens with one attached hydrogen (secondary N) is 1. The third-order valence-corrected chi connectivity index (χ3v) is 4.85. The molecule has 1 aromatic carbocycles. The smallest absolute Gasteiger partial charge is 0.193 e. The molecule has 0 saturated carbocycles. The van der Waals surface area contributed by atoms with E-state index in [4.69, 9.17) is 0 Å². The topological polar surface area (TPSA) is 51.1 Å². The van der Waals surface area contributed by atoms with Crippen LogP contribution < -0.4 is 5.32 Å². The fourth-order valence-electron chi connectivity index (χ4n) is 3.53. The average Bonchev–Trinajstić information content (AvgIpc) is 3.06. The molecule has 1 aliphatic heterocycles. The summed E-state index contributed by atoms with van der Waals surface area (Å²) in [7, 11) is 2.09. The Morgan fingerprint density at radius 2 is 2.12 bits per heavy atom. The van der Waals surface area contributed by atoms with Crippen LogP contribution in [0.1, 0.15) is 32.3 Å². The number of rotatable bonds is 8. The molecule has 2 unspecified atom stereocenters. The first kappa shape index (κ1) is 19.7. The van der Waals surface area contributed by atoms with Gasteiger partial charge in [0.25, 0.3) is 0 Å². The third kappa shape index (κ3) is 6.33. The zero-order valence-corrected chi connectivity index (χ0v) is 16.0. The van der Waals surface area contributed by atoms with E-state index in [1.807, 2.05) is 30.3 Å². The van der Waals surface area contributed by atoms with E-state index in [2.05, 4.69) is 41.0 Å². The first-order valence-corrected chi connectivity index (χ1v) is 9.59. The highest BCUT2D eigenvalue weighted by molar-refractivity contribution is 5.79. The van der Waals surface area contributed by atoms with Crippen molar-refractivity contribution >= 4 is 5.96 Å². The summed E-state index contributed by atoms with van der Waals surface area (Å²) in [5, 5.41) is 13.7. The Labute approximate surface area is 152 Å². The standard InChI is InChI=1S/C20H34N4O/c1-4-21-20(23(3)16-18-12-9-13-24(18)5-2)22-15-19(25)14-17-10-7-6-8-11-17/h6-8,10-11,18-19,25H,4-5,9,12-16H2,1-3H3,(H,21,22). The minimum absolute atomic E-state index is 0.420. The molecular weight excluding hydrogens is 312 g/mol. The number of benzene rings is 1. The normalized spacial score (nSPS) is 19.8. The maximum Gasteiger partial charge on any atom is 0.193 e. The van der Waals surface area contributed by atoms with Gasteiger partial charge in [0.2, 0.25) is 0 Å². The van der Waals surface area contributed by atoms with Crippen LogP contribution in [0.2, 0.25) is 0 Å². The van der Waals surface area contributed by atoms with E-state index in [-0.39, 0.29) is 0 Å². The molecule has 0 bridgehead atoms. The number of likely N-dealkylation sites (N-methyl/N-ethyl adjacent to an activating group) is 2. The van der Waals surface area contributed by atoms with Crippen molar-refractivity contribution in [1.82, 2.24) is 15.1 Å². The molecule has 2 N–H and O–H groups in total. The molecule has 5 nitrogen and oxygen atoms in total. The number of aliphatic hydroxyl groups excluding tert-OH is 1. The quantitative estimate of drug-likeness (QED) is 0.558. The summed E-state index contributed by atoms with van der Waals surface area (Å²) in [6, 6.07) is 10.7. The molecule has 0 amide bonds. The SMILES string of the molecule is CCNC(=NCC(O)Cc1ccccc1)N(C)CC1CCCN1CC. The van der Waals surface area contributed by atoms with Crippen LogP contribution in [-0.4, -0.2) is 72.8 Å². The van der Waals surface area contributed by atoms with Gasteiger partial charge in [-0.15, -0.1) is 0 Å². The van der Waals surface area contributed by atoms with Crippen LogP contribution in [0.5, 0.6) is 0 Å². The van der Waals surface area contributed by atoms with E-state index >= 15 is 0 Å². The third-order valence-electron chi connectivity index (χ3n) is 4.85. The van der Waals surface area contributed by atoms with Crippen molar-refractivity contribution in [2.75, 3.05) is 39.8 Å². The van der Waals surface area contributed by atoms with Crippen molar-refractivity contribution in [2.24, 2.45) is 4.99 Å². The van der Waals surface area contributed by atoms with Gasteiger partial charge in [-0.3, -0.25) is 9.89 Å². The van der Waals surface area contributed by atoms with Crippen molar-refractivity contribution in [3.05, 3.63) is 35.9 Å². The largest absolute Gasteiger partial charge is 0.391 e. The van der Waals surface area contributed by atoms with Gasteiger partial charge in [0.05, 0.1) is 12.6 Å². The lowest BCUT2D eigenvalue weighted by atomic mass is 10.1. The molecule has 1 saturated heterocycles. The van der Waals surface area contributed by atoms with Gasteiger partial charge in [-0.1, -0.05) is 37.3 Å². The molecule has 2 atom stereocenters. The van der Waals surface area contributed by atoms with Crippen LogP contribution in [0.4, 0.5) is 0 Å². The predicted molar refractivity (Wildman–Crippen MR) is 105 cm³/mol. The van der Waals surface area contributed by atoms with Gasteiger partial charge in [0.15, 0.2) is 5.96 Å². The van der Waals surface area contributed by atoms with Gasteiger partial charge >= 0.3 is 0 Å². The molecule has 2 rings (SSSR count). The summed E-state index contributed by atoms with van der Waals surface area (Å²) in [5.74, 6) is 0.887. The lowest BCUT2D eigenvalue weighted by molar-refractivity contribution is 0.183. The Hall–Kier alpha value is -1.59. The second-order valence-electron chi connectivity index (χ2n) is 6.84. The summed E-state index contributed by atoms with van der Waals surface area (Å²) in [6.45, 7) is 8.87. The van der Waals surface area contributed by atoms with Gasteiger partial charge in [-0.05, 0) is 38.4 Å². The number of aliphatic hydroxyl groups is 1. The number of aliphatic imine (C=N–C) groups is 1. The zero-order chi connectivity index (χ0) is 18.1. The molecule has 0 aliphatic carbocycles. The molecule has 1 fully saturated rings. The van der Waals surface area contributed by atoms with Crippen molar-refractivity contribution in [3.8, 4) is 0 Å². The van der Waals surface area contributed by atoms with E-state index < -0.39 is 6.10 Å². The van der Waals surface area contributed by atoms with Gasteiger partial charge in [0.1, 0.15) is 0 Å². The number of hydrogen-bond donors (Lipinski definition) is 2. The van der Waals surface area contributed by atoms with Gasteiger partial charge in [0, 0.05) is 32.6 Å². The second-order valence-corrected chi connectivity index (χ2v) is 6.84. The van der Waals surface area contributed by atoms with Gasteiger partial charge in [-0.2, -0.15) is 0 Å². The molecule has 0 aromatic heterocycles. The first-order chi connectivity index (χ1) is 12.1. The summed E-state index contributed by atoms with van der Waals surface area (Å²) >= 11 is 0. The highest BCUT2D eigenvalue weighted by atomic mass is 16.3. The van der Waals surface area contributed by atoms with Crippen molar-refractivity contribution < 1.29 is 5.11 Å². The predicted octanol–water partition coefficient (Wildman–Crippen LogP) is 1.97. The van der Waals surface area contributed by atoms with E-state index in [9.17, 15) is 5.11 Å². The summed E-state index contributed by atoms with van der Waals surface area (Å²) < 4.78 is 0. The first-order valence-electron chi connectivity index (χ1n) is 9.59. The van der Waals surface area contributed by atoms with Crippen LogP contribution >= 0.6 is 0 Å². The summed E-state index contributed by atoms with van der Waals surface area (Å²) in [6.07, 6.45) is 2.73. The Kier molecular flexibility index (Phi) is 8.22. The lowest BCUT2D eigenvalue weighted by Gasteiger charge is -2.30. The zero-order valence-electron chi connectivity index (χ0n) is 16.0. The Balaban J connectivity index is 1.90. The number of nitrogens with zero attached hydrogens (tertiary/aromatic N) is 3. The van der Waals surface area contributed by atoms with Crippen LogP contribution in [0.25, 0.3) is 0 Å². The molecule has 140 valence electrons. The second kappa shape index (κ2) is 10.4. The molecule has 1 aliphatic rings. The minimum atomic E-state index is -0.455. The van der Waals surface area contributed by atoms with Crippen LogP contribution in [0.15, 0.2) is 35.3 Å². The lowest BCUT2D eigenvalue weighted by Crippen LogP contribution is -2.46. The molecule has 25 heavy (non-hydrogen) atoms. The molecule has 0 radical (unpaired) electrons.